The lowest BCUT2D eigenvalue weighted by Crippen LogP contribution is -2.46. The number of nitrogens with one attached hydrogen (secondary N) is 2. The molecule has 1 unspecified atom stereocenters. The van der Waals surface area contributed by atoms with Crippen LogP contribution in [0.4, 0.5) is 0 Å². The van der Waals surface area contributed by atoms with Gasteiger partial charge in [-0.3, -0.25) is 4.99 Å². The molecule has 1 aromatic carbocycles. The van der Waals surface area contributed by atoms with Crippen molar-refractivity contribution >= 4 is 5.96 Å². The molecule has 1 fully saturated rings. The minimum Gasteiger partial charge on any atom is -0.487 e. The number of guanidine groups is 1. The molecule has 0 saturated heterocycles. The van der Waals surface area contributed by atoms with Crippen LogP contribution >= 0.6 is 0 Å². The molecular formula is C22H31N3O2. The lowest BCUT2D eigenvalue weighted by molar-refractivity contribution is 0.0396. The number of hydrogen-bond donors (Lipinski definition) is 2. The van der Waals surface area contributed by atoms with Gasteiger partial charge in [-0.1, -0.05) is 29.8 Å². The molecule has 0 radical (unpaired) electrons. The van der Waals surface area contributed by atoms with Gasteiger partial charge in [0.05, 0.1) is 19.3 Å². The van der Waals surface area contributed by atoms with Crippen molar-refractivity contribution in [1.82, 2.24) is 10.6 Å². The monoisotopic (exact) mass is 369 g/mol. The second-order valence-electron chi connectivity index (χ2n) is 7.87. The van der Waals surface area contributed by atoms with Crippen molar-refractivity contribution in [2.24, 2.45) is 4.99 Å². The van der Waals surface area contributed by atoms with Gasteiger partial charge in [0.15, 0.2) is 5.96 Å². The molecule has 1 aromatic rings. The molecule has 1 atom stereocenters. The Balaban J connectivity index is 1.41. The lowest BCUT2D eigenvalue weighted by atomic mass is 9.86. The van der Waals surface area contributed by atoms with E-state index in [9.17, 15) is 0 Å². The van der Waals surface area contributed by atoms with E-state index in [2.05, 4.69) is 46.0 Å². The Hall–Kier alpha value is -2.01. The predicted molar refractivity (Wildman–Crippen MR) is 108 cm³/mol. The van der Waals surface area contributed by atoms with Crippen LogP contribution in [0.25, 0.3) is 0 Å². The summed E-state index contributed by atoms with van der Waals surface area (Å²) < 4.78 is 11.8. The molecule has 5 heteroatoms. The molecule has 1 aliphatic carbocycles. The van der Waals surface area contributed by atoms with Crippen LogP contribution in [0.15, 0.2) is 40.9 Å². The van der Waals surface area contributed by atoms with Crippen LogP contribution in [0.3, 0.4) is 0 Å². The second kappa shape index (κ2) is 8.34. The molecule has 3 aliphatic rings. The molecule has 0 bridgehead atoms. The number of fused-ring (bicyclic) bond motifs is 1. The normalized spacial score (nSPS) is 24.1. The van der Waals surface area contributed by atoms with E-state index in [4.69, 9.17) is 9.47 Å². The molecule has 5 nitrogen and oxygen atoms in total. The first-order valence-electron chi connectivity index (χ1n) is 10.3. The number of para-hydroxylation sites is 1. The van der Waals surface area contributed by atoms with E-state index in [1.54, 1.807) is 0 Å². The maximum absolute atomic E-state index is 6.47. The van der Waals surface area contributed by atoms with Crippen molar-refractivity contribution in [2.45, 2.75) is 56.6 Å². The predicted octanol–water partition coefficient (Wildman–Crippen LogP) is 3.72. The highest BCUT2D eigenvalue weighted by atomic mass is 16.5. The van der Waals surface area contributed by atoms with Gasteiger partial charge in [0.2, 0.25) is 0 Å². The molecule has 1 spiro atoms. The first-order chi connectivity index (χ1) is 13.3. The van der Waals surface area contributed by atoms with Gasteiger partial charge in [-0.25, -0.2) is 0 Å². The van der Waals surface area contributed by atoms with Gasteiger partial charge in [-0.05, 0) is 44.6 Å². The average Bonchev–Trinajstić information content (AvgIpc) is 3.15. The summed E-state index contributed by atoms with van der Waals surface area (Å²) >= 11 is 0. The van der Waals surface area contributed by atoms with Gasteiger partial charge in [0, 0.05) is 25.6 Å². The zero-order valence-electron chi connectivity index (χ0n) is 16.3. The summed E-state index contributed by atoms with van der Waals surface area (Å²) in [6.07, 6.45) is 10.1. The van der Waals surface area contributed by atoms with E-state index in [0.29, 0.717) is 0 Å². The zero-order chi connectivity index (χ0) is 18.5. The van der Waals surface area contributed by atoms with Gasteiger partial charge in [-0.15, -0.1) is 0 Å². The summed E-state index contributed by atoms with van der Waals surface area (Å²) in [7, 11) is 1.85. The van der Waals surface area contributed by atoms with Gasteiger partial charge < -0.3 is 20.1 Å². The van der Waals surface area contributed by atoms with Crippen LogP contribution in [0.1, 0.15) is 56.6 Å². The third-order valence-electron chi connectivity index (χ3n) is 6.04. The average molecular weight is 370 g/mol. The summed E-state index contributed by atoms with van der Waals surface area (Å²) in [6.45, 7) is 2.49. The fraction of sp³-hybridized carbons (Fsp3) is 0.591. The fourth-order valence-electron chi connectivity index (χ4n) is 4.57. The topological polar surface area (TPSA) is 54.9 Å². The van der Waals surface area contributed by atoms with E-state index in [-0.39, 0.29) is 11.6 Å². The van der Waals surface area contributed by atoms with Crippen LogP contribution < -0.4 is 15.4 Å². The van der Waals surface area contributed by atoms with E-state index in [0.717, 1.165) is 63.6 Å². The number of benzene rings is 1. The van der Waals surface area contributed by atoms with Crippen molar-refractivity contribution in [1.29, 1.82) is 0 Å². The van der Waals surface area contributed by atoms with E-state index in [1.165, 1.54) is 24.0 Å². The highest BCUT2D eigenvalue weighted by Crippen LogP contribution is 2.46. The summed E-state index contributed by atoms with van der Waals surface area (Å²) in [5.74, 6) is 1.91. The SMILES string of the molecule is CN=C(NCCC1=CCOCC1)NC1CC2(CCCC2)Oc2ccccc21. The molecule has 0 amide bonds. The van der Waals surface area contributed by atoms with Gasteiger partial charge in [0.25, 0.3) is 0 Å². The number of ether oxygens (including phenoxy) is 2. The molecule has 2 N–H and O–H groups in total. The summed E-state index contributed by atoms with van der Waals surface area (Å²) in [6, 6.07) is 8.68. The smallest absolute Gasteiger partial charge is 0.191 e. The molecule has 146 valence electrons. The number of hydrogen-bond acceptors (Lipinski definition) is 3. The molecule has 2 aliphatic heterocycles. The highest BCUT2D eigenvalue weighted by molar-refractivity contribution is 5.80. The zero-order valence-corrected chi connectivity index (χ0v) is 16.3. The summed E-state index contributed by atoms with van der Waals surface area (Å²) in [4.78, 5) is 4.46. The Kier molecular flexibility index (Phi) is 5.67. The van der Waals surface area contributed by atoms with Crippen molar-refractivity contribution in [3.8, 4) is 5.75 Å². The molecule has 4 rings (SSSR count). The fourth-order valence-corrected chi connectivity index (χ4v) is 4.57. The minimum atomic E-state index is -0.00220. The first kappa shape index (κ1) is 18.4. The summed E-state index contributed by atoms with van der Waals surface area (Å²) in [5, 5.41) is 7.16. The molecular weight excluding hydrogens is 338 g/mol. The van der Waals surface area contributed by atoms with Crippen molar-refractivity contribution in [3.63, 3.8) is 0 Å². The highest BCUT2D eigenvalue weighted by Gasteiger charge is 2.43. The summed E-state index contributed by atoms with van der Waals surface area (Å²) in [5.41, 5.74) is 2.72. The van der Waals surface area contributed by atoms with Gasteiger partial charge in [-0.2, -0.15) is 0 Å². The Morgan fingerprint density at radius 3 is 2.89 bits per heavy atom. The third kappa shape index (κ3) is 4.29. The van der Waals surface area contributed by atoms with Crippen LogP contribution in [0.2, 0.25) is 0 Å². The van der Waals surface area contributed by atoms with E-state index in [1.807, 2.05) is 7.05 Å². The standard InChI is InChI=1S/C22H31N3O2/c1-23-21(24-13-8-17-9-14-26-15-10-17)25-19-16-22(11-4-5-12-22)27-20-7-3-2-6-18(19)20/h2-3,6-7,9,19H,4-5,8,10-16H2,1H3,(H2,23,24,25). The second-order valence-corrected chi connectivity index (χ2v) is 7.87. The minimum absolute atomic E-state index is 0.00220. The Morgan fingerprint density at radius 2 is 2.11 bits per heavy atom. The van der Waals surface area contributed by atoms with Crippen molar-refractivity contribution in [3.05, 3.63) is 41.5 Å². The van der Waals surface area contributed by atoms with E-state index >= 15 is 0 Å². The Labute approximate surface area is 162 Å². The van der Waals surface area contributed by atoms with Crippen LogP contribution in [0, 0.1) is 0 Å². The molecule has 2 heterocycles. The van der Waals surface area contributed by atoms with Crippen molar-refractivity contribution < 1.29 is 9.47 Å². The van der Waals surface area contributed by atoms with Gasteiger partial charge in [0.1, 0.15) is 11.4 Å². The maximum Gasteiger partial charge on any atom is 0.191 e. The maximum atomic E-state index is 6.47. The van der Waals surface area contributed by atoms with E-state index < -0.39 is 0 Å². The van der Waals surface area contributed by atoms with Crippen molar-refractivity contribution in [2.75, 3.05) is 26.8 Å². The molecule has 0 aromatic heterocycles. The molecule has 27 heavy (non-hydrogen) atoms. The third-order valence-corrected chi connectivity index (χ3v) is 6.04. The number of aliphatic imine (C=N–C) groups is 1. The number of rotatable bonds is 4. The quantitative estimate of drug-likeness (QED) is 0.482. The Bertz CT molecular complexity index is 707. The van der Waals surface area contributed by atoms with Gasteiger partial charge >= 0.3 is 0 Å². The number of nitrogens with zero attached hydrogens (tertiary/aromatic N) is 1. The van der Waals surface area contributed by atoms with Crippen LogP contribution in [-0.4, -0.2) is 38.4 Å². The molecule has 1 saturated carbocycles. The van der Waals surface area contributed by atoms with Crippen LogP contribution in [-0.2, 0) is 4.74 Å². The Morgan fingerprint density at radius 1 is 1.26 bits per heavy atom. The first-order valence-corrected chi connectivity index (χ1v) is 10.3. The van der Waals surface area contributed by atoms with Crippen LogP contribution in [0.5, 0.6) is 5.75 Å². The largest absolute Gasteiger partial charge is 0.487 e. The lowest BCUT2D eigenvalue weighted by Gasteiger charge is -2.40.